The van der Waals surface area contributed by atoms with E-state index in [9.17, 15) is 14.7 Å². The molecule has 2 aliphatic rings. The molecule has 1 N–H and O–H groups in total. The van der Waals surface area contributed by atoms with E-state index in [0.717, 1.165) is 42.8 Å². The number of Topliss-reactive ketones (excluding diaryl/α,β-unsaturated/α-hetero) is 1. The van der Waals surface area contributed by atoms with Gasteiger partial charge in [0.05, 0.1) is 31.4 Å². The molecule has 2 aromatic rings. The van der Waals surface area contributed by atoms with E-state index in [1.54, 1.807) is 17.0 Å². The number of carbonyl (C=O) groups excluding carboxylic acids is 2. The molecule has 7 heteroatoms. The van der Waals surface area contributed by atoms with Crippen LogP contribution in [0.15, 0.2) is 54.1 Å². The molecule has 1 atom stereocenters. The minimum Gasteiger partial charge on any atom is -0.507 e. The van der Waals surface area contributed by atoms with Crippen LogP contribution >= 0.6 is 0 Å². The number of likely N-dealkylation sites (tertiary alicyclic amines) is 1. The number of benzene rings is 2. The molecular formula is C28H34N2O5. The third-order valence-corrected chi connectivity index (χ3v) is 6.59. The van der Waals surface area contributed by atoms with Gasteiger partial charge in [0.2, 0.25) is 0 Å². The molecule has 2 saturated heterocycles. The van der Waals surface area contributed by atoms with Crippen molar-refractivity contribution in [2.45, 2.75) is 32.7 Å². The molecule has 0 aromatic heterocycles. The highest BCUT2D eigenvalue weighted by Crippen LogP contribution is 2.39. The first-order valence-corrected chi connectivity index (χ1v) is 12.4. The van der Waals surface area contributed by atoms with Crippen molar-refractivity contribution in [2.75, 3.05) is 46.0 Å². The zero-order chi connectivity index (χ0) is 24.8. The Hall–Kier alpha value is -3.16. The monoisotopic (exact) mass is 478 g/mol. The van der Waals surface area contributed by atoms with Crippen molar-refractivity contribution in [1.29, 1.82) is 0 Å². The summed E-state index contributed by atoms with van der Waals surface area (Å²) in [6.07, 6.45) is 2.02. The molecule has 7 nitrogen and oxygen atoms in total. The van der Waals surface area contributed by atoms with Crippen LogP contribution in [-0.2, 0) is 14.3 Å². The second-order valence-electron chi connectivity index (χ2n) is 9.08. The first-order valence-electron chi connectivity index (χ1n) is 12.4. The van der Waals surface area contributed by atoms with Gasteiger partial charge in [0, 0.05) is 31.7 Å². The largest absolute Gasteiger partial charge is 0.507 e. The summed E-state index contributed by atoms with van der Waals surface area (Å²) in [5, 5.41) is 11.2. The van der Waals surface area contributed by atoms with Crippen molar-refractivity contribution < 1.29 is 24.2 Å². The molecule has 2 fully saturated rings. The van der Waals surface area contributed by atoms with Gasteiger partial charge in [-0.05, 0) is 31.0 Å². The molecule has 4 rings (SSSR count). The molecule has 0 saturated carbocycles. The van der Waals surface area contributed by atoms with Crippen LogP contribution in [-0.4, -0.2) is 72.6 Å². The van der Waals surface area contributed by atoms with Crippen LogP contribution in [0.2, 0.25) is 0 Å². The third kappa shape index (κ3) is 5.74. The van der Waals surface area contributed by atoms with Crippen LogP contribution in [0.1, 0.15) is 42.5 Å². The molecule has 2 heterocycles. The first kappa shape index (κ1) is 24.9. The Morgan fingerprint density at radius 2 is 1.71 bits per heavy atom. The lowest BCUT2D eigenvalue weighted by Gasteiger charge is -2.31. The van der Waals surface area contributed by atoms with Crippen LogP contribution < -0.4 is 4.74 Å². The Bertz CT molecular complexity index is 1060. The van der Waals surface area contributed by atoms with E-state index in [-0.39, 0.29) is 11.3 Å². The number of carbonyl (C=O) groups is 2. The Balaban J connectivity index is 1.67. The highest BCUT2D eigenvalue weighted by molar-refractivity contribution is 6.46. The molecule has 0 aliphatic carbocycles. The van der Waals surface area contributed by atoms with E-state index in [4.69, 9.17) is 9.47 Å². The first-order chi connectivity index (χ1) is 17.0. The zero-order valence-corrected chi connectivity index (χ0v) is 20.5. The number of morpholine rings is 1. The summed E-state index contributed by atoms with van der Waals surface area (Å²) in [5.74, 6) is -0.644. The highest BCUT2D eigenvalue weighted by atomic mass is 16.5. The van der Waals surface area contributed by atoms with Gasteiger partial charge in [-0.1, -0.05) is 55.3 Å². The van der Waals surface area contributed by atoms with Crippen LogP contribution in [0.5, 0.6) is 5.75 Å². The van der Waals surface area contributed by atoms with Gasteiger partial charge in [-0.2, -0.15) is 0 Å². The number of rotatable bonds is 9. The maximum Gasteiger partial charge on any atom is 0.295 e. The number of aliphatic hydroxyl groups is 1. The van der Waals surface area contributed by atoms with Gasteiger partial charge in [0.1, 0.15) is 11.5 Å². The van der Waals surface area contributed by atoms with E-state index in [1.807, 2.05) is 43.3 Å². The topological polar surface area (TPSA) is 79.3 Å². The van der Waals surface area contributed by atoms with Crippen LogP contribution in [0.3, 0.4) is 0 Å². The van der Waals surface area contributed by atoms with Gasteiger partial charge in [-0.25, -0.2) is 0 Å². The molecule has 1 amide bonds. The molecule has 0 radical (unpaired) electrons. The number of hydrogen-bond acceptors (Lipinski definition) is 6. The molecule has 1 unspecified atom stereocenters. The maximum atomic E-state index is 13.2. The molecule has 2 aromatic carbocycles. The number of ketones is 1. The molecule has 186 valence electrons. The zero-order valence-electron chi connectivity index (χ0n) is 20.5. The Morgan fingerprint density at radius 3 is 2.37 bits per heavy atom. The van der Waals surface area contributed by atoms with Gasteiger partial charge >= 0.3 is 0 Å². The predicted molar refractivity (Wildman–Crippen MR) is 134 cm³/mol. The number of ether oxygens (including phenoxy) is 2. The number of hydrogen-bond donors (Lipinski definition) is 1. The number of unbranched alkanes of at least 4 members (excludes halogenated alkanes) is 1. The lowest BCUT2D eigenvalue weighted by Crippen LogP contribution is -2.42. The summed E-state index contributed by atoms with van der Waals surface area (Å²) in [5.41, 5.74) is 2.46. The van der Waals surface area contributed by atoms with Crippen molar-refractivity contribution >= 4 is 17.4 Å². The average Bonchev–Trinajstić information content (AvgIpc) is 3.13. The number of aliphatic hydroxyl groups excluding tert-OH is 1. The van der Waals surface area contributed by atoms with Crippen LogP contribution in [0.4, 0.5) is 0 Å². The lowest BCUT2D eigenvalue weighted by atomic mass is 9.95. The maximum absolute atomic E-state index is 13.2. The Morgan fingerprint density at radius 1 is 1.03 bits per heavy atom. The van der Waals surface area contributed by atoms with Crippen molar-refractivity contribution in [3.63, 3.8) is 0 Å². The second kappa shape index (κ2) is 11.5. The van der Waals surface area contributed by atoms with Gasteiger partial charge in [-0.15, -0.1) is 0 Å². The minimum absolute atomic E-state index is 0.125. The predicted octanol–water partition coefficient (Wildman–Crippen LogP) is 3.93. The summed E-state index contributed by atoms with van der Waals surface area (Å²) in [4.78, 5) is 30.2. The smallest absolute Gasteiger partial charge is 0.295 e. The summed E-state index contributed by atoms with van der Waals surface area (Å²) < 4.78 is 11.2. The molecule has 35 heavy (non-hydrogen) atoms. The minimum atomic E-state index is -0.665. The van der Waals surface area contributed by atoms with Gasteiger partial charge < -0.3 is 19.5 Å². The molecule has 2 aliphatic heterocycles. The van der Waals surface area contributed by atoms with E-state index in [1.165, 1.54) is 0 Å². The molecule has 0 spiro atoms. The summed E-state index contributed by atoms with van der Waals surface area (Å²) in [6.45, 7) is 8.64. The summed E-state index contributed by atoms with van der Waals surface area (Å²) in [6, 6.07) is 14.1. The Kier molecular flexibility index (Phi) is 8.21. The van der Waals surface area contributed by atoms with Crippen molar-refractivity contribution in [2.24, 2.45) is 0 Å². The van der Waals surface area contributed by atoms with Crippen molar-refractivity contribution in [3.8, 4) is 5.75 Å². The fourth-order valence-corrected chi connectivity index (χ4v) is 4.48. The van der Waals surface area contributed by atoms with Crippen molar-refractivity contribution in [1.82, 2.24) is 9.80 Å². The second-order valence-corrected chi connectivity index (χ2v) is 9.08. The van der Waals surface area contributed by atoms with E-state index >= 15 is 0 Å². The van der Waals surface area contributed by atoms with Gasteiger partial charge in [0.25, 0.3) is 11.7 Å². The highest BCUT2D eigenvalue weighted by Gasteiger charge is 2.46. The van der Waals surface area contributed by atoms with Crippen LogP contribution in [0, 0.1) is 6.92 Å². The number of nitrogens with zero attached hydrogens (tertiary/aromatic N) is 2. The van der Waals surface area contributed by atoms with E-state index in [2.05, 4.69) is 11.8 Å². The molecular weight excluding hydrogens is 444 g/mol. The summed E-state index contributed by atoms with van der Waals surface area (Å²) in [7, 11) is 0. The fourth-order valence-electron chi connectivity index (χ4n) is 4.48. The number of aryl methyl sites for hydroxylation is 1. The summed E-state index contributed by atoms with van der Waals surface area (Å²) >= 11 is 0. The quantitative estimate of drug-likeness (QED) is 0.255. The normalized spacial score (nSPS) is 20.4. The van der Waals surface area contributed by atoms with E-state index < -0.39 is 17.7 Å². The number of amides is 1. The van der Waals surface area contributed by atoms with E-state index in [0.29, 0.717) is 38.5 Å². The standard InChI is InChI=1S/C28H34N2O5/c1-3-4-17-35-23-11-9-21(10-12-23)25-24(26(31)22-7-5-20(2)6-8-22)27(32)28(33)30(25)14-13-29-15-18-34-19-16-29/h5-12,25,31H,3-4,13-19H2,1-2H3. The fraction of sp³-hybridized carbons (Fsp3) is 0.429. The van der Waals surface area contributed by atoms with Crippen molar-refractivity contribution in [3.05, 3.63) is 70.8 Å². The average molecular weight is 479 g/mol. The Labute approximate surface area is 206 Å². The third-order valence-electron chi connectivity index (χ3n) is 6.59. The van der Waals surface area contributed by atoms with Gasteiger partial charge in [-0.3, -0.25) is 14.5 Å². The van der Waals surface area contributed by atoms with Gasteiger partial charge in [0.15, 0.2) is 0 Å². The van der Waals surface area contributed by atoms with Crippen LogP contribution in [0.25, 0.3) is 5.76 Å². The molecule has 0 bridgehead atoms. The lowest BCUT2D eigenvalue weighted by molar-refractivity contribution is -0.140. The SMILES string of the molecule is CCCCOc1ccc(C2C(=C(O)c3ccc(C)cc3)C(=O)C(=O)N2CCN2CCOCC2)cc1.